The Morgan fingerprint density at radius 3 is 2.00 bits per heavy atom. The summed E-state index contributed by atoms with van der Waals surface area (Å²) in [6, 6.07) is 3.52. The van der Waals surface area contributed by atoms with Crippen molar-refractivity contribution in [1.82, 2.24) is 0 Å². The third-order valence-corrected chi connectivity index (χ3v) is 2.52. The number of hydrogen-bond acceptors (Lipinski definition) is 3. The van der Waals surface area contributed by atoms with Crippen molar-refractivity contribution in [3.63, 3.8) is 0 Å². The van der Waals surface area contributed by atoms with E-state index in [2.05, 4.69) is 0 Å². The lowest BCUT2D eigenvalue weighted by Gasteiger charge is -2.17. The fourth-order valence-electron chi connectivity index (χ4n) is 1.48. The van der Waals surface area contributed by atoms with Crippen molar-refractivity contribution in [1.29, 1.82) is 0 Å². The topological polar surface area (TPSA) is 72.3 Å². The van der Waals surface area contributed by atoms with E-state index >= 15 is 0 Å². The molecule has 5 N–H and O–H groups in total. The average Bonchev–Trinajstić information content (AvgIpc) is 2.12. The lowest BCUT2D eigenvalue weighted by atomic mass is 9.97. The van der Waals surface area contributed by atoms with E-state index in [-0.39, 0.29) is 6.04 Å². The average molecular weight is 194 g/mol. The van der Waals surface area contributed by atoms with E-state index in [1.807, 2.05) is 26.0 Å². The van der Waals surface area contributed by atoms with Gasteiger partial charge in [0.15, 0.2) is 0 Å². The highest BCUT2D eigenvalue weighted by Gasteiger charge is 2.13. The number of benzene rings is 1. The van der Waals surface area contributed by atoms with Gasteiger partial charge in [0.05, 0.1) is 12.1 Å². The Kier molecular flexibility index (Phi) is 3.13. The summed E-state index contributed by atoms with van der Waals surface area (Å²) in [4.78, 5) is 0. The molecule has 0 aromatic heterocycles. The summed E-state index contributed by atoms with van der Waals surface area (Å²) in [6.07, 6.45) is -0.544. The predicted molar refractivity (Wildman–Crippen MR) is 58.9 cm³/mol. The summed E-state index contributed by atoms with van der Waals surface area (Å²) >= 11 is 0. The molecule has 1 rings (SSSR count). The van der Waals surface area contributed by atoms with Crippen LogP contribution in [0, 0.1) is 13.8 Å². The molecular weight excluding hydrogens is 176 g/mol. The van der Waals surface area contributed by atoms with Crippen LogP contribution in [0.1, 0.15) is 29.7 Å². The molecule has 0 saturated carbocycles. The Morgan fingerprint density at radius 1 is 1.21 bits per heavy atom. The van der Waals surface area contributed by atoms with Crippen molar-refractivity contribution in [2.75, 3.05) is 5.73 Å². The highest BCUT2D eigenvalue weighted by molar-refractivity contribution is 5.54. The van der Waals surface area contributed by atoms with E-state index in [1.54, 1.807) is 6.92 Å². The van der Waals surface area contributed by atoms with Gasteiger partial charge in [0, 0.05) is 5.69 Å². The van der Waals surface area contributed by atoms with Gasteiger partial charge in [0.2, 0.25) is 0 Å². The van der Waals surface area contributed by atoms with Crippen molar-refractivity contribution in [2.45, 2.75) is 32.9 Å². The zero-order chi connectivity index (χ0) is 10.9. The molecule has 0 aliphatic rings. The summed E-state index contributed by atoms with van der Waals surface area (Å²) in [7, 11) is 0. The molecule has 1 aromatic rings. The predicted octanol–water partition coefficient (Wildman–Crippen LogP) is 1.27. The number of anilines is 1. The van der Waals surface area contributed by atoms with Crippen LogP contribution in [0.5, 0.6) is 0 Å². The Hall–Kier alpha value is -1.06. The molecule has 14 heavy (non-hydrogen) atoms. The Labute approximate surface area is 84.7 Å². The van der Waals surface area contributed by atoms with E-state index in [0.717, 1.165) is 22.4 Å². The number of nitrogen functional groups attached to an aromatic ring is 1. The first-order chi connectivity index (χ1) is 6.43. The molecule has 3 nitrogen and oxygen atoms in total. The van der Waals surface area contributed by atoms with Crippen LogP contribution in [0.2, 0.25) is 0 Å². The van der Waals surface area contributed by atoms with Crippen LogP contribution < -0.4 is 11.5 Å². The molecule has 3 heteroatoms. The summed E-state index contributed by atoms with van der Waals surface area (Å²) in [5, 5.41) is 9.37. The Balaban J connectivity index is 3.12. The van der Waals surface area contributed by atoms with Gasteiger partial charge in [0.1, 0.15) is 0 Å². The van der Waals surface area contributed by atoms with Gasteiger partial charge >= 0.3 is 0 Å². The smallest absolute Gasteiger partial charge is 0.0704 e. The van der Waals surface area contributed by atoms with Crippen molar-refractivity contribution in [3.8, 4) is 0 Å². The van der Waals surface area contributed by atoms with Crippen molar-refractivity contribution in [3.05, 3.63) is 28.8 Å². The van der Waals surface area contributed by atoms with Crippen molar-refractivity contribution >= 4 is 5.69 Å². The summed E-state index contributed by atoms with van der Waals surface area (Å²) in [6.45, 7) is 5.58. The minimum atomic E-state index is -0.544. The number of aryl methyl sites for hydroxylation is 2. The number of aliphatic hydroxyl groups is 1. The lowest BCUT2D eigenvalue weighted by Crippen LogP contribution is -2.23. The van der Waals surface area contributed by atoms with E-state index < -0.39 is 6.10 Å². The zero-order valence-electron chi connectivity index (χ0n) is 8.91. The standard InChI is InChI=1S/C11H18N2O/c1-6-4-9(11(13)8(3)14)5-7(2)10(6)12/h4-5,8,11,14H,12-13H2,1-3H3. The molecule has 2 unspecified atom stereocenters. The molecule has 0 radical (unpaired) electrons. The number of nitrogens with two attached hydrogens (primary N) is 2. The normalized spacial score (nSPS) is 15.2. The zero-order valence-corrected chi connectivity index (χ0v) is 8.91. The van der Waals surface area contributed by atoms with Gasteiger partial charge in [-0.15, -0.1) is 0 Å². The van der Waals surface area contributed by atoms with Crippen LogP contribution in [-0.2, 0) is 0 Å². The first-order valence-electron chi connectivity index (χ1n) is 4.73. The molecule has 0 aliphatic heterocycles. The van der Waals surface area contributed by atoms with Gasteiger partial charge in [-0.1, -0.05) is 12.1 Å². The maximum atomic E-state index is 9.37. The van der Waals surface area contributed by atoms with Crippen LogP contribution in [0.15, 0.2) is 12.1 Å². The minimum absolute atomic E-state index is 0.340. The Bertz CT molecular complexity index is 311. The summed E-state index contributed by atoms with van der Waals surface area (Å²) < 4.78 is 0. The first kappa shape index (κ1) is 11.0. The van der Waals surface area contributed by atoms with Gasteiger partial charge in [-0.05, 0) is 37.5 Å². The van der Waals surface area contributed by atoms with Crippen molar-refractivity contribution in [2.24, 2.45) is 5.73 Å². The van der Waals surface area contributed by atoms with Crippen LogP contribution >= 0.6 is 0 Å². The molecule has 1 aromatic carbocycles. The molecule has 78 valence electrons. The van der Waals surface area contributed by atoms with Crippen LogP contribution in [0.4, 0.5) is 5.69 Å². The molecule has 0 amide bonds. The third kappa shape index (κ3) is 2.05. The summed E-state index contributed by atoms with van der Waals surface area (Å²) in [5.74, 6) is 0. The molecule has 0 heterocycles. The van der Waals surface area contributed by atoms with E-state index in [1.165, 1.54) is 0 Å². The third-order valence-electron chi connectivity index (χ3n) is 2.52. The molecule has 0 fully saturated rings. The highest BCUT2D eigenvalue weighted by atomic mass is 16.3. The second-order valence-corrected chi connectivity index (χ2v) is 3.83. The van der Waals surface area contributed by atoms with Gasteiger partial charge in [-0.3, -0.25) is 0 Å². The van der Waals surface area contributed by atoms with E-state index in [9.17, 15) is 5.11 Å². The minimum Gasteiger partial charge on any atom is -0.398 e. The van der Waals surface area contributed by atoms with Crippen LogP contribution in [0.3, 0.4) is 0 Å². The van der Waals surface area contributed by atoms with Gasteiger partial charge in [-0.25, -0.2) is 0 Å². The van der Waals surface area contributed by atoms with Gasteiger partial charge < -0.3 is 16.6 Å². The SMILES string of the molecule is Cc1cc(C(N)C(C)O)cc(C)c1N. The maximum absolute atomic E-state index is 9.37. The number of rotatable bonds is 2. The van der Waals surface area contributed by atoms with E-state index in [4.69, 9.17) is 11.5 Å². The first-order valence-corrected chi connectivity index (χ1v) is 4.73. The highest BCUT2D eigenvalue weighted by Crippen LogP contribution is 2.23. The molecular formula is C11H18N2O. The second-order valence-electron chi connectivity index (χ2n) is 3.83. The lowest BCUT2D eigenvalue weighted by molar-refractivity contribution is 0.164. The Morgan fingerprint density at radius 2 is 1.64 bits per heavy atom. The summed E-state index contributed by atoms with van der Waals surface area (Å²) in [5.41, 5.74) is 15.4. The van der Waals surface area contributed by atoms with Crippen molar-refractivity contribution < 1.29 is 5.11 Å². The molecule has 0 saturated heterocycles. The number of hydrogen-bond donors (Lipinski definition) is 3. The number of aliphatic hydroxyl groups excluding tert-OH is 1. The fraction of sp³-hybridized carbons (Fsp3) is 0.455. The quantitative estimate of drug-likeness (QED) is 0.621. The molecule has 0 bridgehead atoms. The molecule has 2 atom stereocenters. The van der Waals surface area contributed by atoms with E-state index in [0.29, 0.717) is 0 Å². The van der Waals surface area contributed by atoms with Gasteiger partial charge in [-0.2, -0.15) is 0 Å². The second kappa shape index (κ2) is 3.98. The van der Waals surface area contributed by atoms with Gasteiger partial charge in [0.25, 0.3) is 0 Å². The molecule has 0 aliphatic carbocycles. The molecule has 0 spiro atoms. The monoisotopic (exact) mass is 194 g/mol. The van der Waals surface area contributed by atoms with Crippen LogP contribution in [0.25, 0.3) is 0 Å². The fourth-order valence-corrected chi connectivity index (χ4v) is 1.48. The largest absolute Gasteiger partial charge is 0.398 e. The maximum Gasteiger partial charge on any atom is 0.0704 e. The van der Waals surface area contributed by atoms with Crippen LogP contribution in [-0.4, -0.2) is 11.2 Å².